The summed E-state index contributed by atoms with van der Waals surface area (Å²) in [4.78, 5) is 25.1. The largest absolute Gasteiger partial charge is 0.497 e. The third-order valence-electron chi connectivity index (χ3n) is 5.58. The zero-order chi connectivity index (χ0) is 23.1. The number of benzene rings is 2. The number of hydrogen-bond donors (Lipinski definition) is 2. The summed E-state index contributed by atoms with van der Waals surface area (Å²) in [5.74, 6) is -0.237. The maximum atomic E-state index is 12.9. The van der Waals surface area contributed by atoms with Crippen LogP contribution in [0.15, 0.2) is 59.5 Å². The van der Waals surface area contributed by atoms with E-state index in [-0.39, 0.29) is 35.7 Å². The lowest BCUT2D eigenvalue weighted by Crippen LogP contribution is -2.49. The summed E-state index contributed by atoms with van der Waals surface area (Å²) in [6, 6.07) is 15.1. The van der Waals surface area contributed by atoms with Crippen LogP contribution >= 0.6 is 0 Å². The first-order valence-electron chi connectivity index (χ1n) is 10.6. The summed E-state index contributed by atoms with van der Waals surface area (Å²) in [7, 11) is -2.10. The van der Waals surface area contributed by atoms with E-state index in [1.54, 1.807) is 19.1 Å². The number of nitrogens with one attached hydrogen (secondary N) is 2. The van der Waals surface area contributed by atoms with Crippen LogP contribution in [-0.4, -0.2) is 50.8 Å². The van der Waals surface area contributed by atoms with Crippen LogP contribution in [0.1, 0.15) is 25.3 Å². The van der Waals surface area contributed by atoms with Gasteiger partial charge in [-0.1, -0.05) is 30.3 Å². The number of sulfonamides is 1. The van der Waals surface area contributed by atoms with Gasteiger partial charge in [-0.25, -0.2) is 8.42 Å². The van der Waals surface area contributed by atoms with Crippen molar-refractivity contribution in [2.75, 3.05) is 20.2 Å². The van der Waals surface area contributed by atoms with Gasteiger partial charge >= 0.3 is 0 Å². The van der Waals surface area contributed by atoms with E-state index in [4.69, 9.17) is 4.74 Å². The summed E-state index contributed by atoms with van der Waals surface area (Å²) < 4.78 is 32.2. The molecular formula is C23H29N3O5S. The fraction of sp³-hybridized carbons (Fsp3) is 0.391. The SMILES string of the molecule is COc1ccc(S(=O)(=O)N2CCC(C(=O)N[C@H](C)C(=O)NCc3ccccc3)CC2)cc1. The Morgan fingerprint density at radius 2 is 1.69 bits per heavy atom. The van der Waals surface area contributed by atoms with Gasteiger partial charge in [0.15, 0.2) is 0 Å². The molecule has 0 bridgehead atoms. The van der Waals surface area contributed by atoms with Crippen molar-refractivity contribution in [3.63, 3.8) is 0 Å². The van der Waals surface area contributed by atoms with Crippen molar-refractivity contribution in [3.8, 4) is 5.75 Å². The number of carbonyl (C=O) groups is 2. The van der Waals surface area contributed by atoms with Crippen LogP contribution in [0.4, 0.5) is 0 Å². The number of ether oxygens (including phenoxy) is 1. The summed E-state index contributed by atoms with van der Waals surface area (Å²) in [5, 5.41) is 5.56. The average molecular weight is 460 g/mol. The van der Waals surface area contributed by atoms with Crippen molar-refractivity contribution in [2.24, 2.45) is 5.92 Å². The lowest BCUT2D eigenvalue weighted by atomic mass is 9.97. The van der Waals surface area contributed by atoms with Gasteiger partial charge in [0.1, 0.15) is 11.8 Å². The molecule has 1 atom stereocenters. The average Bonchev–Trinajstić information content (AvgIpc) is 2.83. The van der Waals surface area contributed by atoms with E-state index >= 15 is 0 Å². The second-order valence-corrected chi connectivity index (χ2v) is 9.73. The first kappa shape index (κ1) is 23.7. The van der Waals surface area contributed by atoms with Crippen molar-refractivity contribution in [3.05, 3.63) is 60.2 Å². The van der Waals surface area contributed by atoms with Gasteiger partial charge in [0.2, 0.25) is 21.8 Å². The quantitative estimate of drug-likeness (QED) is 0.628. The van der Waals surface area contributed by atoms with Crippen molar-refractivity contribution in [1.29, 1.82) is 0 Å². The molecule has 3 rings (SSSR count). The molecule has 1 fully saturated rings. The molecule has 2 aromatic rings. The molecule has 1 heterocycles. The van der Waals surface area contributed by atoms with Crippen LogP contribution in [-0.2, 0) is 26.2 Å². The van der Waals surface area contributed by atoms with Crippen molar-refractivity contribution >= 4 is 21.8 Å². The molecule has 32 heavy (non-hydrogen) atoms. The smallest absolute Gasteiger partial charge is 0.243 e. The highest BCUT2D eigenvalue weighted by Gasteiger charge is 2.32. The summed E-state index contributed by atoms with van der Waals surface area (Å²) in [6.07, 6.45) is 0.805. The Balaban J connectivity index is 1.48. The van der Waals surface area contributed by atoms with Crippen LogP contribution in [0.3, 0.4) is 0 Å². The first-order valence-corrected chi connectivity index (χ1v) is 12.0. The Morgan fingerprint density at radius 1 is 1.06 bits per heavy atom. The van der Waals surface area contributed by atoms with Crippen LogP contribution in [0.25, 0.3) is 0 Å². The molecule has 1 aliphatic rings. The molecule has 0 radical (unpaired) electrons. The molecule has 8 nitrogen and oxygen atoms in total. The van der Waals surface area contributed by atoms with Gasteiger partial charge in [-0.3, -0.25) is 9.59 Å². The van der Waals surface area contributed by atoms with Crippen molar-refractivity contribution < 1.29 is 22.7 Å². The Bertz CT molecular complexity index is 1020. The fourth-order valence-electron chi connectivity index (χ4n) is 3.59. The third kappa shape index (κ3) is 5.86. The van der Waals surface area contributed by atoms with Gasteiger partial charge in [0.05, 0.1) is 12.0 Å². The van der Waals surface area contributed by atoms with Gasteiger partial charge in [0, 0.05) is 25.6 Å². The minimum atomic E-state index is -3.62. The van der Waals surface area contributed by atoms with Crippen LogP contribution < -0.4 is 15.4 Å². The summed E-state index contributed by atoms with van der Waals surface area (Å²) in [5.41, 5.74) is 0.977. The lowest BCUT2D eigenvalue weighted by Gasteiger charge is -2.31. The van der Waals surface area contributed by atoms with Gasteiger partial charge in [-0.2, -0.15) is 4.31 Å². The van der Waals surface area contributed by atoms with E-state index in [0.29, 0.717) is 25.1 Å². The van der Waals surface area contributed by atoms with Gasteiger partial charge in [-0.15, -0.1) is 0 Å². The highest BCUT2D eigenvalue weighted by molar-refractivity contribution is 7.89. The monoisotopic (exact) mass is 459 g/mol. The van der Waals surface area contributed by atoms with Crippen LogP contribution in [0, 0.1) is 5.92 Å². The molecule has 0 saturated carbocycles. The number of hydrogen-bond acceptors (Lipinski definition) is 5. The topological polar surface area (TPSA) is 105 Å². The molecule has 0 unspecified atom stereocenters. The number of carbonyl (C=O) groups excluding carboxylic acids is 2. The highest BCUT2D eigenvalue weighted by atomic mass is 32.2. The molecule has 0 aromatic heterocycles. The number of rotatable bonds is 8. The molecule has 9 heteroatoms. The van der Waals surface area contributed by atoms with Crippen molar-refractivity contribution in [1.82, 2.24) is 14.9 Å². The van der Waals surface area contributed by atoms with E-state index in [0.717, 1.165) is 5.56 Å². The van der Waals surface area contributed by atoms with E-state index < -0.39 is 16.1 Å². The number of amides is 2. The zero-order valence-electron chi connectivity index (χ0n) is 18.3. The fourth-order valence-corrected chi connectivity index (χ4v) is 5.06. The summed E-state index contributed by atoms with van der Waals surface area (Å²) in [6.45, 7) is 2.53. The van der Waals surface area contributed by atoms with Gasteiger partial charge in [0.25, 0.3) is 0 Å². The Kier molecular flexibility index (Phi) is 7.87. The minimum absolute atomic E-state index is 0.199. The second-order valence-electron chi connectivity index (χ2n) is 7.79. The van der Waals surface area contributed by atoms with E-state index in [2.05, 4.69) is 10.6 Å². The van der Waals surface area contributed by atoms with Gasteiger partial charge < -0.3 is 15.4 Å². The van der Waals surface area contributed by atoms with Crippen LogP contribution in [0.5, 0.6) is 5.75 Å². The second kappa shape index (κ2) is 10.6. The highest BCUT2D eigenvalue weighted by Crippen LogP contribution is 2.25. The predicted octanol–water partition coefficient (Wildman–Crippen LogP) is 1.92. The third-order valence-corrected chi connectivity index (χ3v) is 7.50. The van der Waals surface area contributed by atoms with E-state index in [9.17, 15) is 18.0 Å². The molecule has 1 aliphatic heterocycles. The molecule has 1 saturated heterocycles. The molecule has 172 valence electrons. The number of methoxy groups -OCH3 is 1. The molecule has 0 spiro atoms. The molecule has 2 aromatic carbocycles. The Morgan fingerprint density at radius 3 is 2.28 bits per heavy atom. The van der Waals surface area contributed by atoms with Crippen LogP contribution in [0.2, 0.25) is 0 Å². The molecular weight excluding hydrogens is 430 g/mol. The Labute approximate surface area is 189 Å². The predicted molar refractivity (Wildman–Crippen MR) is 120 cm³/mol. The van der Waals surface area contributed by atoms with E-state index in [1.807, 2.05) is 30.3 Å². The number of piperidine rings is 1. The molecule has 2 N–H and O–H groups in total. The maximum Gasteiger partial charge on any atom is 0.243 e. The normalized spacial score (nSPS) is 16.2. The first-order chi connectivity index (χ1) is 15.3. The molecule has 2 amide bonds. The maximum absolute atomic E-state index is 12.9. The van der Waals surface area contributed by atoms with E-state index in [1.165, 1.54) is 23.5 Å². The minimum Gasteiger partial charge on any atom is -0.497 e. The lowest BCUT2D eigenvalue weighted by molar-refractivity contribution is -0.131. The Hall–Kier alpha value is -2.91. The number of nitrogens with zero attached hydrogens (tertiary/aromatic N) is 1. The zero-order valence-corrected chi connectivity index (χ0v) is 19.1. The standard InChI is InChI=1S/C23H29N3O5S/c1-17(22(27)24-16-18-6-4-3-5-7-18)25-23(28)19-12-14-26(15-13-19)32(29,30)21-10-8-20(31-2)9-11-21/h3-11,17,19H,12-16H2,1-2H3,(H,24,27)(H,25,28)/t17-/m1/s1. The van der Waals surface area contributed by atoms with Crippen molar-refractivity contribution in [2.45, 2.75) is 37.2 Å². The van der Waals surface area contributed by atoms with Gasteiger partial charge in [-0.05, 0) is 49.6 Å². The summed E-state index contributed by atoms with van der Waals surface area (Å²) >= 11 is 0. The molecule has 0 aliphatic carbocycles.